The van der Waals surface area contributed by atoms with Crippen molar-refractivity contribution in [1.82, 2.24) is 4.90 Å². The number of hydrogen-bond acceptors (Lipinski definition) is 2. The van der Waals surface area contributed by atoms with Gasteiger partial charge in [-0.25, -0.2) is 4.39 Å². The average molecular weight is 280 g/mol. The first-order chi connectivity index (χ1) is 9.63. The smallest absolute Gasteiger partial charge is 0.123 e. The molecule has 0 fully saturated rings. The number of nitrogens with two attached hydrogens (primary N) is 1. The fraction of sp³-hybridized carbons (Fsp3) is 0.647. The van der Waals surface area contributed by atoms with Crippen LogP contribution in [0, 0.1) is 12.7 Å². The molecule has 0 amide bonds. The molecule has 0 saturated heterocycles. The SMILES string of the molecule is CCCCN(CCCC)C(CN)c1ccc(F)cc1C. The van der Waals surface area contributed by atoms with Crippen molar-refractivity contribution in [2.45, 2.75) is 52.5 Å². The van der Waals surface area contributed by atoms with Crippen molar-refractivity contribution >= 4 is 0 Å². The minimum atomic E-state index is -0.171. The molecule has 1 rings (SSSR count). The summed E-state index contributed by atoms with van der Waals surface area (Å²) in [7, 11) is 0. The molecule has 0 aromatic heterocycles. The molecule has 0 spiro atoms. The van der Waals surface area contributed by atoms with Crippen molar-refractivity contribution < 1.29 is 4.39 Å². The zero-order chi connectivity index (χ0) is 15.0. The number of halogens is 1. The van der Waals surface area contributed by atoms with E-state index in [0.29, 0.717) is 6.54 Å². The van der Waals surface area contributed by atoms with Crippen LogP contribution in [0.1, 0.15) is 56.7 Å². The second-order valence-electron chi connectivity index (χ2n) is 5.50. The van der Waals surface area contributed by atoms with Crippen LogP contribution >= 0.6 is 0 Å². The molecule has 20 heavy (non-hydrogen) atoms. The van der Waals surface area contributed by atoms with Crippen LogP contribution in [-0.2, 0) is 0 Å². The first kappa shape index (κ1) is 17.1. The monoisotopic (exact) mass is 280 g/mol. The number of unbranched alkanes of at least 4 members (excludes halogenated alkanes) is 2. The Morgan fingerprint density at radius 2 is 1.75 bits per heavy atom. The van der Waals surface area contributed by atoms with Crippen LogP contribution in [0.15, 0.2) is 18.2 Å². The van der Waals surface area contributed by atoms with Gasteiger partial charge in [0, 0.05) is 12.6 Å². The van der Waals surface area contributed by atoms with Gasteiger partial charge in [0.15, 0.2) is 0 Å². The van der Waals surface area contributed by atoms with Gasteiger partial charge in [-0.15, -0.1) is 0 Å². The Labute approximate surface area is 123 Å². The number of benzene rings is 1. The van der Waals surface area contributed by atoms with Crippen molar-refractivity contribution in [3.63, 3.8) is 0 Å². The summed E-state index contributed by atoms with van der Waals surface area (Å²) in [5.41, 5.74) is 8.19. The summed E-state index contributed by atoms with van der Waals surface area (Å²) in [5, 5.41) is 0. The molecular formula is C17H29FN2. The third-order valence-electron chi connectivity index (χ3n) is 3.85. The average Bonchev–Trinajstić information content (AvgIpc) is 2.43. The van der Waals surface area contributed by atoms with Crippen LogP contribution in [-0.4, -0.2) is 24.5 Å². The maximum Gasteiger partial charge on any atom is 0.123 e. The molecule has 0 bridgehead atoms. The molecule has 1 aromatic carbocycles. The highest BCUT2D eigenvalue weighted by Gasteiger charge is 2.20. The van der Waals surface area contributed by atoms with E-state index in [9.17, 15) is 4.39 Å². The molecule has 1 aromatic rings. The van der Waals surface area contributed by atoms with Crippen molar-refractivity contribution in [2.24, 2.45) is 5.73 Å². The molecule has 1 unspecified atom stereocenters. The Balaban J connectivity index is 2.92. The lowest BCUT2D eigenvalue weighted by atomic mass is 9.99. The highest BCUT2D eigenvalue weighted by atomic mass is 19.1. The van der Waals surface area contributed by atoms with Crippen molar-refractivity contribution in [3.05, 3.63) is 35.1 Å². The Kier molecular flexibility index (Phi) is 7.78. The standard InChI is InChI=1S/C17H29FN2/c1-4-6-10-20(11-7-5-2)17(13-19)16-9-8-15(18)12-14(16)3/h8-9,12,17H,4-7,10-11,13,19H2,1-3H3. The fourth-order valence-electron chi connectivity index (χ4n) is 2.63. The first-order valence-electron chi connectivity index (χ1n) is 7.84. The largest absolute Gasteiger partial charge is 0.329 e. The zero-order valence-corrected chi connectivity index (χ0v) is 13.2. The maximum atomic E-state index is 13.3. The highest BCUT2D eigenvalue weighted by Crippen LogP contribution is 2.24. The van der Waals surface area contributed by atoms with Crippen molar-refractivity contribution in [1.29, 1.82) is 0 Å². The third kappa shape index (κ3) is 4.88. The number of hydrogen-bond donors (Lipinski definition) is 1. The molecule has 0 radical (unpaired) electrons. The van der Waals surface area contributed by atoms with E-state index >= 15 is 0 Å². The lowest BCUT2D eigenvalue weighted by molar-refractivity contribution is 0.195. The van der Waals surface area contributed by atoms with Gasteiger partial charge in [0.05, 0.1) is 0 Å². The Hall–Kier alpha value is -0.930. The minimum absolute atomic E-state index is 0.171. The molecule has 1 atom stereocenters. The van der Waals surface area contributed by atoms with Crippen LogP contribution in [0.2, 0.25) is 0 Å². The molecular weight excluding hydrogens is 251 g/mol. The van der Waals surface area contributed by atoms with Crippen LogP contribution in [0.5, 0.6) is 0 Å². The topological polar surface area (TPSA) is 29.3 Å². The first-order valence-corrected chi connectivity index (χ1v) is 7.84. The van der Waals surface area contributed by atoms with Crippen LogP contribution in [0.3, 0.4) is 0 Å². The van der Waals surface area contributed by atoms with E-state index in [2.05, 4.69) is 18.7 Å². The lowest BCUT2D eigenvalue weighted by Gasteiger charge is -2.32. The van der Waals surface area contributed by atoms with E-state index in [1.165, 1.54) is 31.2 Å². The number of aryl methyl sites for hydroxylation is 1. The van der Waals surface area contributed by atoms with Crippen LogP contribution in [0.25, 0.3) is 0 Å². The second-order valence-corrected chi connectivity index (χ2v) is 5.50. The number of rotatable bonds is 9. The van der Waals surface area contributed by atoms with Crippen molar-refractivity contribution in [3.8, 4) is 0 Å². The van der Waals surface area contributed by atoms with Gasteiger partial charge in [-0.05, 0) is 56.1 Å². The predicted molar refractivity (Wildman–Crippen MR) is 84.3 cm³/mol. The molecule has 0 aliphatic carbocycles. The third-order valence-corrected chi connectivity index (χ3v) is 3.85. The molecule has 2 N–H and O–H groups in total. The van der Waals surface area contributed by atoms with Gasteiger partial charge in [-0.3, -0.25) is 4.90 Å². The molecule has 3 heteroatoms. The Morgan fingerprint density at radius 1 is 1.15 bits per heavy atom. The summed E-state index contributed by atoms with van der Waals surface area (Å²) in [5.74, 6) is -0.171. The number of nitrogens with zero attached hydrogens (tertiary/aromatic N) is 1. The predicted octanol–water partition coefficient (Wildman–Crippen LogP) is 4.04. The van der Waals surface area contributed by atoms with Gasteiger partial charge >= 0.3 is 0 Å². The minimum Gasteiger partial charge on any atom is -0.329 e. The second kappa shape index (κ2) is 9.09. The lowest BCUT2D eigenvalue weighted by Crippen LogP contribution is -2.35. The van der Waals surface area contributed by atoms with Crippen molar-refractivity contribution in [2.75, 3.05) is 19.6 Å². The van der Waals surface area contributed by atoms with Crippen LogP contribution < -0.4 is 5.73 Å². The summed E-state index contributed by atoms with van der Waals surface area (Å²) in [6.45, 7) is 9.10. The van der Waals surface area contributed by atoms with Gasteiger partial charge < -0.3 is 5.73 Å². The quantitative estimate of drug-likeness (QED) is 0.740. The normalized spacial score (nSPS) is 12.9. The van der Waals surface area contributed by atoms with E-state index in [-0.39, 0.29) is 11.9 Å². The molecule has 0 heterocycles. The van der Waals surface area contributed by atoms with Gasteiger partial charge in [-0.1, -0.05) is 32.8 Å². The Morgan fingerprint density at radius 3 is 2.20 bits per heavy atom. The summed E-state index contributed by atoms with van der Waals surface area (Å²) in [6, 6.07) is 5.25. The summed E-state index contributed by atoms with van der Waals surface area (Å²) < 4.78 is 13.3. The van der Waals surface area contributed by atoms with Gasteiger partial charge in [0.2, 0.25) is 0 Å². The summed E-state index contributed by atoms with van der Waals surface area (Å²) >= 11 is 0. The van der Waals surface area contributed by atoms with E-state index in [1.807, 2.05) is 13.0 Å². The highest BCUT2D eigenvalue weighted by molar-refractivity contribution is 5.30. The summed E-state index contributed by atoms with van der Waals surface area (Å²) in [6.07, 6.45) is 4.73. The van der Waals surface area contributed by atoms with Gasteiger partial charge in [-0.2, -0.15) is 0 Å². The molecule has 2 nitrogen and oxygen atoms in total. The molecule has 0 aliphatic rings. The van der Waals surface area contributed by atoms with E-state index in [1.54, 1.807) is 12.1 Å². The maximum absolute atomic E-state index is 13.3. The molecule has 0 aliphatic heterocycles. The van der Waals surface area contributed by atoms with Gasteiger partial charge in [0.1, 0.15) is 5.82 Å². The zero-order valence-electron chi connectivity index (χ0n) is 13.2. The molecule has 0 saturated carbocycles. The Bertz CT molecular complexity index is 385. The summed E-state index contributed by atoms with van der Waals surface area (Å²) in [4.78, 5) is 2.47. The van der Waals surface area contributed by atoms with E-state index in [0.717, 1.165) is 18.7 Å². The van der Waals surface area contributed by atoms with Gasteiger partial charge in [0.25, 0.3) is 0 Å². The van der Waals surface area contributed by atoms with Crippen LogP contribution in [0.4, 0.5) is 4.39 Å². The fourth-order valence-corrected chi connectivity index (χ4v) is 2.63. The molecule has 114 valence electrons. The van der Waals surface area contributed by atoms with E-state index < -0.39 is 0 Å². The van der Waals surface area contributed by atoms with E-state index in [4.69, 9.17) is 5.73 Å².